The van der Waals surface area contributed by atoms with E-state index in [2.05, 4.69) is 0 Å². The van der Waals surface area contributed by atoms with Gasteiger partial charge < -0.3 is 15.4 Å². The van der Waals surface area contributed by atoms with Crippen LogP contribution >= 0.6 is 12.4 Å². The number of hydrogen-bond donors (Lipinski definition) is 1. The minimum absolute atomic E-state index is 0. The number of anilines is 1. The van der Waals surface area contributed by atoms with E-state index in [9.17, 15) is 9.18 Å². The van der Waals surface area contributed by atoms with Crippen molar-refractivity contribution in [3.63, 3.8) is 0 Å². The topological polar surface area (TPSA) is 55.6 Å². The van der Waals surface area contributed by atoms with E-state index in [1.807, 2.05) is 18.2 Å². The zero-order valence-corrected chi connectivity index (χ0v) is 13.3. The summed E-state index contributed by atoms with van der Waals surface area (Å²) >= 11 is 0. The number of nitrogens with two attached hydrogens (primary N) is 1. The first kappa shape index (κ1) is 17.2. The minimum Gasteiger partial charge on any atom is -0.489 e. The molecule has 1 fully saturated rings. The molecule has 2 N–H and O–H groups in total. The molecule has 1 amide bonds. The fourth-order valence-corrected chi connectivity index (χ4v) is 2.50. The third-order valence-electron chi connectivity index (χ3n) is 3.60. The zero-order valence-electron chi connectivity index (χ0n) is 12.4. The van der Waals surface area contributed by atoms with Gasteiger partial charge in [-0.15, -0.1) is 12.4 Å². The smallest absolute Gasteiger partial charge is 0.228 e. The van der Waals surface area contributed by atoms with E-state index in [4.69, 9.17) is 10.5 Å². The molecular formula is C17H18ClFN2O2. The average Bonchev–Trinajstić information content (AvgIpc) is 2.84. The Kier molecular flexibility index (Phi) is 5.58. The summed E-state index contributed by atoms with van der Waals surface area (Å²) in [5, 5.41) is 0. The lowest BCUT2D eigenvalue weighted by atomic mass is 10.2. The first-order valence-corrected chi connectivity index (χ1v) is 7.15. The lowest BCUT2D eigenvalue weighted by molar-refractivity contribution is -0.117. The van der Waals surface area contributed by atoms with Gasteiger partial charge in [0.1, 0.15) is 18.2 Å². The van der Waals surface area contributed by atoms with Crippen LogP contribution < -0.4 is 15.4 Å². The highest BCUT2D eigenvalue weighted by molar-refractivity contribution is 5.96. The first-order valence-electron chi connectivity index (χ1n) is 7.15. The number of amides is 1. The second-order valence-electron chi connectivity index (χ2n) is 5.38. The Bertz CT molecular complexity index is 679. The van der Waals surface area contributed by atoms with Gasteiger partial charge in [0.25, 0.3) is 0 Å². The predicted molar refractivity (Wildman–Crippen MR) is 89.4 cm³/mol. The second-order valence-corrected chi connectivity index (χ2v) is 5.38. The van der Waals surface area contributed by atoms with Crippen molar-refractivity contribution in [3.05, 3.63) is 59.9 Å². The molecule has 0 aromatic heterocycles. The van der Waals surface area contributed by atoms with Crippen LogP contribution in [-0.2, 0) is 11.4 Å². The predicted octanol–water partition coefficient (Wildman–Crippen LogP) is 2.89. The maximum atomic E-state index is 13.1. The summed E-state index contributed by atoms with van der Waals surface area (Å²) in [4.78, 5) is 13.5. The highest BCUT2D eigenvalue weighted by Crippen LogP contribution is 2.24. The molecule has 2 aromatic carbocycles. The van der Waals surface area contributed by atoms with Gasteiger partial charge in [0.15, 0.2) is 0 Å². The summed E-state index contributed by atoms with van der Waals surface area (Å²) in [6.45, 7) is 0.840. The van der Waals surface area contributed by atoms with E-state index in [0.29, 0.717) is 25.3 Å². The fraction of sp³-hybridized carbons (Fsp3) is 0.235. The molecule has 2 aromatic rings. The summed E-state index contributed by atoms with van der Waals surface area (Å²) in [7, 11) is 0. The van der Waals surface area contributed by atoms with Crippen LogP contribution in [0.3, 0.4) is 0 Å². The quantitative estimate of drug-likeness (QED) is 0.934. The van der Waals surface area contributed by atoms with Crippen LogP contribution in [0.1, 0.15) is 12.0 Å². The van der Waals surface area contributed by atoms with Gasteiger partial charge in [0, 0.05) is 24.7 Å². The molecule has 1 saturated heterocycles. The third-order valence-corrected chi connectivity index (χ3v) is 3.60. The number of carbonyl (C=O) groups is 1. The van der Waals surface area contributed by atoms with Crippen molar-refractivity contribution in [1.29, 1.82) is 0 Å². The molecule has 1 aliphatic rings. The maximum absolute atomic E-state index is 13.1. The molecule has 1 atom stereocenters. The largest absolute Gasteiger partial charge is 0.489 e. The van der Waals surface area contributed by atoms with E-state index >= 15 is 0 Å². The molecule has 1 heterocycles. The van der Waals surface area contributed by atoms with Crippen LogP contribution in [0.4, 0.5) is 10.1 Å². The van der Waals surface area contributed by atoms with E-state index in [1.165, 1.54) is 12.1 Å². The number of benzene rings is 2. The van der Waals surface area contributed by atoms with Gasteiger partial charge in [-0.3, -0.25) is 4.79 Å². The van der Waals surface area contributed by atoms with Gasteiger partial charge in [-0.05, 0) is 42.0 Å². The molecular weight excluding hydrogens is 319 g/mol. The van der Waals surface area contributed by atoms with E-state index in [-0.39, 0.29) is 30.2 Å². The minimum atomic E-state index is -0.277. The maximum Gasteiger partial charge on any atom is 0.228 e. The molecule has 0 saturated carbocycles. The van der Waals surface area contributed by atoms with Crippen molar-refractivity contribution in [1.82, 2.24) is 0 Å². The Labute approximate surface area is 140 Å². The molecule has 23 heavy (non-hydrogen) atoms. The Morgan fingerprint density at radius 3 is 2.57 bits per heavy atom. The Balaban J connectivity index is 0.00000192. The van der Waals surface area contributed by atoms with Crippen LogP contribution in [0.25, 0.3) is 0 Å². The number of nitrogens with zero attached hydrogens (tertiary/aromatic N) is 1. The Hall–Kier alpha value is -2.11. The zero-order chi connectivity index (χ0) is 15.5. The molecule has 0 spiro atoms. The molecule has 6 heteroatoms. The van der Waals surface area contributed by atoms with Crippen LogP contribution in [0.15, 0.2) is 48.5 Å². The fourth-order valence-electron chi connectivity index (χ4n) is 2.50. The van der Waals surface area contributed by atoms with E-state index < -0.39 is 0 Å². The second kappa shape index (κ2) is 7.44. The molecule has 0 radical (unpaired) electrons. The lowest BCUT2D eigenvalue weighted by Gasteiger charge is -2.16. The molecule has 0 unspecified atom stereocenters. The molecule has 4 nitrogen and oxygen atoms in total. The van der Waals surface area contributed by atoms with Crippen molar-refractivity contribution < 1.29 is 13.9 Å². The number of ether oxygens (including phenoxy) is 1. The monoisotopic (exact) mass is 336 g/mol. The van der Waals surface area contributed by atoms with Gasteiger partial charge in [-0.2, -0.15) is 0 Å². The number of hydrogen-bond acceptors (Lipinski definition) is 3. The van der Waals surface area contributed by atoms with Crippen molar-refractivity contribution in [2.75, 3.05) is 11.4 Å². The van der Waals surface area contributed by atoms with Crippen molar-refractivity contribution in [2.45, 2.75) is 19.1 Å². The highest BCUT2D eigenvalue weighted by atomic mass is 35.5. The number of rotatable bonds is 4. The summed E-state index contributed by atoms with van der Waals surface area (Å²) in [6, 6.07) is 13.5. The number of halogens is 2. The summed E-state index contributed by atoms with van der Waals surface area (Å²) in [5.74, 6) is 0.435. The van der Waals surface area contributed by atoms with Crippen molar-refractivity contribution in [3.8, 4) is 5.75 Å². The van der Waals surface area contributed by atoms with Crippen LogP contribution in [-0.4, -0.2) is 18.5 Å². The molecule has 0 aliphatic carbocycles. The average molecular weight is 337 g/mol. The summed E-state index contributed by atoms with van der Waals surface area (Å²) < 4.78 is 18.7. The van der Waals surface area contributed by atoms with Crippen molar-refractivity contribution in [2.24, 2.45) is 5.73 Å². The standard InChI is InChI=1S/C17H17FN2O2.ClH/c18-13-3-1-2-12(8-13)11-22-16-6-4-15(5-7-16)20-10-14(19)9-17(20)21;/h1-8,14H,9-11,19H2;1H/t14-;/m0./s1. The van der Waals surface area contributed by atoms with Crippen molar-refractivity contribution >= 4 is 24.0 Å². The van der Waals surface area contributed by atoms with Crippen LogP contribution in [0, 0.1) is 5.82 Å². The summed E-state index contributed by atoms with van der Waals surface area (Å²) in [6.07, 6.45) is 0.387. The first-order chi connectivity index (χ1) is 10.6. The third kappa shape index (κ3) is 4.21. The molecule has 3 rings (SSSR count). The van der Waals surface area contributed by atoms with E-state index in [0.717, 1.165) is 11.3 Å². The normalized spacial score (nSPS) is 17.0. The lowest BCUT2D eigenvalue weighted by Crippen LogP contribution is -2.27. The van der Waals surface area contributed by atoms with Crippen LogP contribution in [0.2, 0.25) is 0 Å². The van der Waals surface area contributed by atoms with Gasteiger partial charge in [-0.1, -0.05) is 12.1 Å². The highest BCUT2D eigenvalue weighted by Gasteiger charge is 2.27. The van der Waals surface area contributed by atoms with Gasteiger partial charge in [0.2, 0.25) is 5.91 Å². The van der Waals surface area contributed by atoms with Crippen LogP contribution in [0.5, 0.6) is 5.75 Å². The molecule has 1 aliphatic heterocycles. The molecule has 0 bridgehead atoms. The van der Waals surface area contributed by atoms with E-state index in [1.54, 1.807) is 23.1 Å². The number of carbonyl (C=O) groups excluding carboxylic acids is 1. The Morgan fingerprint density at radius 2 is 1.96 bits per heavy atom. The van der Waals surface area contributed by atoms with Gasteiger partial charge >= 0.3 is 0 Å². The SMILES string of the molecule is Cl.N[C@H]1CC(=O)N(c2ccc(OCc3cccc(F)c3)cc2)C1. The summed E-state index contributed by atoms with van der Waals surface area (Å²) in [5.41, 5.74) is 7.37. The molecule has 122 valence electrons. The van der Waals surface area contributed by atoms with Gasteiger partial charge in [-0.25, -0.2) is 4.39 Å². The Morgan fingerprint density at radius 1 is 1.22 bits per heavy atom. The van der Waals surface area contributed by atoms with Gasteiger partial charge in [0.05, 0.1) is 0 Å².